The summed E-state index contributed by atoms with van der Waals surface area (Å²) in [5.41, 5.74) is 2.09. The first-order valence-electron chi connectivity index (χ1n) is 13.3. The number of likely N-dealkylation sites (tertiary alicyclic amines) is 1. The first-order chi connectivity index (χ1) is 19.2. The van der Waals surface area contributed by atoms with Crippen LogP contribution in [-0.2, 0) is 6.54 Å². The number of methoxy groups -OCH3 is 1. The van der Waals surface area contributed by atoms with E-state index in [9.17, 15) is 9.59 Å². The van der Waals surface area contributed by atoms with Gasteiger partial charge in [-0.25, -0.2) is 19.0 Å². The molecule has 3 aromatic heterocycles. The number of rotatable bonds is 8. The summed E-state index contributed by atoms with van der Waals surface area (Å²) in [7, 11) is 3.82. The Balaban J connectivity index is 1.34. The van der Waals surface area contributed by atoms with Crippen molar-refractivity contribution in [2.75, 3.05) is 50.6 Å². The predicted molar refractivity (Wildman–Crippen MR) is 154 cm³/mol. The van der Waals surface area contributed by atoms with Crippen molar-refractivity contribution in [3.63, 3.8) is 0 Å². The van der Waals surface area contributed by atoms with E-state index in [1.807, 2.05) is 32.0 Å². The largest absolute Gasteiger partial charge is 0.495 e. The van der Waals surface area contributed by atoms with E-state index >= 15 is 0 Å². The number of nitrogens with one attached hydrogen (secondary N) is 1. The maximum atomic E-state index is 13.3. The van der Waals surface area contributed by atoms with Crippen LogP contribution in [0, 0.1) is 5.41 Å². The molecule has 6 rings (SSSR count). The number of fused-ring (bicyclic) bond motifs is 1. The van der Waals surface area contributed by atoms with Crippen molar-refractivity contribution in [2.45, 2.75) is 26.4 Å². The molecular formula is C28H33N9O3. The lowest BCUT2D eigenvalue weighted by atomic mass is 9.73. The molecule has 1 N–H and O–H groups in total. The van der Waals surface area contributed by atoms with Gasteiger partial charge in [-0.1, -0.05) is 6.08 Å². The molecule has 40 heavy (non-hydrogen) atoms. The second-order valence-corrected chi connectivity index (χ2v) is 11.0. The van der Waals surface area contributed by atoms with Gasteiger partial charge in [-0.05, 0) is 39.1 Å². The van der Waals surface area contributed by atoms with Crippen molar-refractivity contribution in [3.05, 3.63) is 69.9 Å². The number of anilines is 3. The minimum absolute atomic E-state index is 0.157. The number of benzene rings is 1. The summed E-state index contributed by atoms with van der Waals surface area (Å²) >= 11 is 0. The minimum Gasteiger partial charge on any atom is -0.495 e. The van der Waals surface area contributed by atoms with Crippen LogP contribution in [0.25, 0.3) is 16.9 Å². The normalized spacial score (nSPS) is 16.3. The number of nitrogens with zero attached hydrogens (tertiary/aromatic N) is 8. The van der Waals surface area contributed by atoms with Crippen molar-refractivity contribution in [2.24, 2.45) is 5.41 Å². The molecule has 12 nitrogen and oxygen atoms in total. The van der Waals surface area contributed by atoms with E-state index in [-0.39, 0.29) is 23.7 Å². The third-order valence-electron chi connectivity index (χ3n) is 7.53. The summed E-state index contributed by atoms with van der Waals surface area (Å²) in [6.45, 7) is 12.1. The molecule has 0 radical (unpaired) electrons. The fourth-order valence-corrected chi connectivity index (χ4v) is 5.89. The van der Waals surface area contributed by atoms with Gasteiger partial charge in [0.25, 0.3) is 11.1 Å². The number of hydrogen-bond donors (Lipinski definition) is 1. The molecule has 1 spiro atoms. The summed E-state index contributed by atoms with van der Waals surface area (Å²) in [5, 5.41) is 8.10. The van der Waals surface area contributed by atoms with Gasteiger partial charge in [0.2, 0.25) is 5.95 Å². The molecular weight excluding hydrogens is 510 g/mol. The van der Waals surface area contributed by atoms with Crippen LogP contribution in [0.15, 0.2) is 58.8 Å². The van der Waals surface area contributed by atoms with Crippen molar-refractivity contribution < 1.29 is 4.74 Å². The summed E-state index contributed by atoms with van der Waals surface area (Å²) in [4.78, 5) is 39.4. The third-order valence-corrected chi connectivity index (χ3v) is 7.53. The average molecular weight is 544 g/mol. The molecule has 2 fully saturated rings. The zero-order valence-corrected chi connectivity index (χ0v) is 23.2. The van der Waals surface area contributed by atoms with Crippen molar-refractivity contribution in [3.8, 4) is 11.6 Å². The maximum Gasteiger partial charge on any atom is 0.278 e. The molecule has 208 valence electrons. The highest BCUT2D eigenvalue weighted by atomic mass is 16.5. The van der Waals surface area contributed by atoms with E-state index in [4.69, 9.17) is 9.72 Å². The Bertz CT molecular complexity index is 1720. The Labute approximate surface area is 231 Å². The van der Waals surface area contributed by atoms with Gasteiger partial charge in [-0.3, -0.25) is 9.59 Å². The standard InChI is InChI=1S/C28H33N9O3/c1-6-11-35-26(39)20-13-29-27(31-25(20)37(35)23-9-10-24(38)36(32-23)18(2)3)30-19-7-8-21(22(12-19)40-5)34-16-28(17-34)14-33(4)15-28/h6-10,12-13,18H,1,11,14-17H2,2-5H3,(H,29,30,31). The Hall–Kier alpha value is -4.45. The van der Waals surface area contributed by atoms with Crippen LogP contribution in [0.2, 0.25) is 0 Å². The van der Waals surface area contributed by atoms with Crippen LogP contribution in [0.5, 0.6) is 5.75 Å². The lowest BCUT2D eigenvalue weighted by Gasteiger charge is -2.60. The summed E-state index contributed by atoms with van der Waals surface area (Å²) < 4.78 is 10.2. The highest BCUT2D eigenvalue weighted by molar-refractivity contribution is 5.77. The smallest absolute Gasteiger partial charge is 0.278 e. The Kier molecular flexibility index (Phi) is 6.21. The summed E-state index contributed by atoms with van der Waals surface area (Å²) in [6, 6.07) is 8.81. The van der Waals surface area contributed by atoms with Crippen LogP contribution in [0.3, 0.4) is 0 Å². The van der Waals surface area contributed by atoms with Crippen molar-refractivity contribution >= 4 is 28.4 Å². The van der Waals surface area contributed by atoms with Crippen molar-refractivity contribution in [1.82, 2.24) is 34.0 Å². The van der Waals surface area contributed by atoms with Gasteiger partial charge < -0.3 is 19.9 Å². The molecule has 0 atom stereocenters. The number of aromatic nitrogens is 6. The van der Waals surface area contributed by atoms with Gasteiger partial charge in [-0.15, -0.1) is 11.7 Å². The molecule has 5 heterocycles. The number of allylic oxidation sites excluding steroid dienone is 1. The lowest BCUT2D eigenvalue weighted by molar-refractivity contribution is -0.00258. The van der Waals surface area contributed by atoms with Crippen LogP contribution in [-0.4, -0.2) is 74.3 Å². The second-order valence-electron chi connectivity index (χ2n) is 11.0. The first-order valence-corrected chi connectivity index (χ1v) is 13.3. The Morgan fingerprint density at radius 3 is 2.60 bits per heavy atom. The van der Waals surface area contributed by atoms with Gasteiger partial charge in [0.1, 0.15) is 11.1 Å². The lowest BCUT2D eigenvalue weighted by Crippen LogP contribution is -2.71. The van der Waals surface area contributed by atoms with Crippen LogP contribution < -0.4 is 26.1 Å². The van der Waals surface area contributed by atoms with Gasteiger partial charge in [-0.2, -0.15) is 4.98 Å². The SMILES string of the molecule is C=CCn1c(=O)c2cnc(Nc3ccc(N4CC5(CN(C)C5)C4)c(OC)c3)nc2n1-c1ccc(=O)n(C(C)C)n1. The zero-order chi connectivity index (χ0) is 28.2. The van der Waals surface area contributed by atoms with E-state index in [0.29, 0.717) is 28.2 Å². The predicted octanol–water partition coefficient (Wildman–Crippen LogP) is 2.41. The number of hydrogen-bond acceptors (Lipinski definition) is 9. The van der Waals surface area contributed by atoms with Crippen LogP contribution >= 0.6 is 0 Å². The first kappa shape index (κ1) is 25.8. The van der Waals surface area contributed by atoms with E-state index in [2.05, 4.69) is 38.8 Å². The topological polar surface area (TPSA) is 115 Å². The summed E-state index contributed by atoms with van der Waals surface area (Å²) in [5.74, 6) is 1.47. The molecule has 0 unspecified atom stereocenters. The molecule has 0 bridgehead atoms. The van der Waals surface area contributed by atoms with Gasteiger partial charge in [0, 0.05) is 55.6 Å². The molecule has 0 saturated carbocycles. The van der Waals surface area contributed by atoms with Crippen molar-refractivity contribution in [1.29, 1.82) is 0 Å². The quantitative estimate of drug-likeness (QED) is 0.335. The second kappa shape index (κ2) is 9.63. The Morgan fingerprint density at radius 1 is 1.15 bits per heavy atom. The van der Waals surface area contributed by atoms with Gasteiger partial charge in [0.05, 0.1) is 25.4 Å². The van der Waals surface area contributed by atoms with Crippen LogP contribution in [0.4, 0.5) is 17.3 Å². The summed E-state index contributed by atoms with van der Waals surface area (Å²) in [6.07, 6.45) is 3.13. The average Bonchev–Trinajstić information content (AvgIpc) is 3.16. The van der Waals surface area contributed by atoms with Crippen LogP contribution in [0.1, 0.15) is 19.9 Å². The molecule has 1 aromatic carbocycles. The third kappa shape index (κ3) is 4.24. The fourth-order valence-electron chi connectivity index (χ4n) is 5.89. The van der Waals surface area contributed by atoms with Gasteiger partial charge >= 0.3 is 0 Å². The zero-order valence-electron chi connectivity index (χ0n) is 23.2. The Morgan fingerprint density at radius 2 is 1.93 bits per heavy atom. The molecule has 4 aromatic rings. The van der Waals surface area contributed by atoms with E-state index in [1.54, 1.807) is 23.9 Å². The highest BCUT2D eigenvalue weighted by Crippen LogP contribution is 2.44. The monoisotopic (exact) mass is 543 g/mol. The van der Waals surface area contributed by atoms with E-state index in [0.717, 1.165) is 43.3 Å². The molecule has 0 amide bonds. The highest BCUT2D eigenvalue weighted by Gasteiger charge is 2.50. The van der Waals surface area contributed by atoms with Gasteiger partial charge in [0.15, 0.2) is 11.5 Å². The van der Waals surface area contributed by atoms with E-state index < -0.39 is 0 Å². The fraction of sp³-hybridized carbons (Fsp3) is 0.393. The molecule has 2 saturated heterocycles. The molecule has 12 heteroatoms. The molecule has 0 aliphatic carbocycles. The number of ether oxygens (including phenoxy) is 1. The minimum atomic E-state index is -0.276. The maximum absolute atomic E-state index is 13.3. The van der Waals surface area contributed by atoms with E-state index in [1.165, 1.54) is 21.6 Å². The molecule has 2 aliphatic heterocycles. The molecule has 2 aliphatic rings.